The smallest absolute Gasteiger partial charge is 0.329 e. The topological polar surface area (TPSA) is 46.5 Å². The van der Waals surface area contributed by atoms with E-state index in [9.17, 15) is 4.79 Å². The Labute approximate surface area is 70.6 Å². The van der Waals surface area contributed by atoms with Crippen LogP contribution in [-0.4, -0.2) is 17.7 Å². The van der Waals surface area contributed by atoms with Crippen molar-refractivity contribution in [2.24, 2.45) is 0 Å². The SMILES string of the molecule is O=[14C](O)COCc1ccccc1. The zero-order valence-electron chi connectivity index (χ0n) is 6.56. The van der Waals surface area contributed by atoms with Gasteiger partial charge in [0.25, 0.3) is 0 Å². The minimum Gasteiger partial charge on any atom is -0.480 e. The van der Waals surface area contributed by atoms with Crippen molar-refractivity contribution in [3.63, 3.8) is 0 Å². The first-order valence-electron chi connectivity index (χ1n) is 3.62. The van der Waals surface area contributed by atoms with E-state index in [1.165, 1.54) is 0 Å². The van der Waals surface area contributed by atoms with Crippen molar-refractivity contribution in [1.29, 1.82) is 0 Å². The Balaban J connectivity index is 2.29. The summed E-state index contributed by atoms with van der Waals surface area (Å²) in [5.74, 6) is -0.939. The predicted octanol–water partition coefficient (Wildman–Crippen LogP) is 1.29. The number of hydrogen-bond acceptors (Lipinski definition) is 2. The molecule has 0 bridgehead atoms. The summed E-state index contributed by atoms with van der Waals surface area (Å²) in [6, 6.07) is 9.46. The van der Waals surface area contributed by atoms with Gasteiger partial charge in [0.05, 0.1) is 6.61 Å². The molecule has 12 heavy (non-hydrogen) atoms. The van der Waals surface area contributed by atoms with E-state index in [1.54, 1.807) is 0 Å². The lowest BCUT2D eigenvalue weighted by Gasteiger charge is -1.99. The molecule has 0 fully saturated rings. The monoisotopic (exact) mass is 168 g/mol. The van der Waals surface area contributed by atoms with Gasteiger partial charge < -0.3 is 9.84 Å². The third kappa shape index (κ3) is 3.16. The number of carboxylic acids is 1. The van der Waals surface area contributed by atoms with Gasteiger partial charge in [-0.15, -0.1) is 0 Å². The van der Waals surface area contributed by atoms with Gasteiger partial charge in [-0.25, -0.2) is 4.79 Å². The molecule has 0 spiro atoms. The average Bonchev–Trinajstić information content (AvgIpc) is 2.05. The van der Waals surface area contributed by atoms with Crippen LogP contribution in [0.15, 0.2) is 30.3 Å². The van der Waals surface area contributed by atoms with Crippen LogP contribution in [0.5, 0.6) is 0 Å². The molecule has 0 aliphatic carbocycles. The van der Waals surface area contributed by atoms with Gasteiger partial charge in [0, 0.05) is 0 Å². The Kier molecular flexibility index (Phi) is 3.29. The van der Waals surface area contributed by atoms with Crippen LogP contribution in [0.2, 0.25) is 0 Å². The third-order valence-corrected chi connectivity index (χ3v) is 1.34. The highest BCUT2D eigenvalue weighted by molar-refractivity contribution is 5.67. The van der Waals surface area contributed by atoms with Gasteiger partial charge in [-0.2, -0.15) is 0 Å². The summed E-state index contributed by atoms with van der Waals surface area (Å²) in [5, 5.41) is 8.27. The maximum Gasteiger partial charge on any atom is 0.329 e. The second-order valence-corrected chi connectivity index (χ2v) is 2.37. The molecule has 0 heterocycles. The highest BCUT2D eigenvalue weighted by Gasteiger charge is 1.96. The second-order valence-electron chi connectivity index (χ2n) is 2.37. The maximum absolute atomic E-state index is 10.1. The highest BCUT2D eigenvalue weighted by Crippen LogP contribution is 1.99. The molecule has 0 aliphatic heterocycles. The van der Waals surface area contributed by atoms with Gasteiger partial charge in [-0.05, 0) is 5.56 Å². The molecule has 0 amide bonds. The summed E-state index contributed by atoms with van der Waals surface area (Å²) >= 11 is 0. The standard InChI is InChI=1S/C9H10O3/c10-9(11)7-12-6-8-4-2-1-3-5-8/h1-5H,6-7H2,(H,10,11)/i9+2. The molecule has 3 heteroatoms. The molecule has 1 aromatic carbocycles. The minimum absolute atomic E-state index is 0.241. The van der Waals surface area contributed by atoms with Crippen molar-refractivity contribution in [3.05, 3.63) is 35.9 Å². The molecular formula is C9H10O3. The quantitative estimate of drug-likeness (QED) is 0.736. The van der Waals surface area contributed by atoms with Crippen molar-refractivity contribution < 1.29 is 14.6 Å². The van der Waals surface area contributed by atoms with Gasteiger partial charge in [0.2, 0.25) is 0 Å². The second kappa shape index (κ2) is 4.51. The van der Waals surface area contributed by atoms with Gasteiger partial charge >= 0.3 is 5.97 Å². The first kappa shape index (κ1) is 8.74. The molecule has 1 rings (SSSR count). The third-order valence-electron chi connectivity index (χ3n) is 1.34. The lowest BCUT2D eigenvalue weighted by molar-refractivity contribution is -0.142. The van der Waals surface area contributed by atoms with Gasteiger partial charge in [-0.3, -0.25) is 0 Å². The van der Waals surface area contributed by atoms with Crippen LogP contribution in [0.25, 0.3) is 0 Å². The highest BCUT2D eigenvalue weighted by atomic mass is 16.7. The summed E-state index contributed by atoms with van der Waals surface area (Å²) in [6.07, 6.45) is 0. The maximum atomic E-state index is 10.1. The number of carbonyl (C=O) groups is 1. The van der Waals surface area contributed by atoms with Crippen molar-refractivity contribution in [2.45, 2.75) is 6.61 Å². The first-order chi connectivity index (χ1) is 5.79. The molecule has 64 valence electrons. The first-order valence-corrected chi connectivity index (χ1v) is 3.62. The zero-order chi connectivity index (χ0) is 8.81. The van der Waals surface area contributed by atoms with E-state index in [2.05, 4.69) is 0 Å². The number of hydrogen-bond donors (Lipinski definition) is 1. The van der Waals surface area contributed by atoms with E-state index in [-0.39, 0.29) is 6.61 Å². The van der Waals surface area contributed by atoms with Crippen LogP contribution in [-0.2, 0) is 16.1 Å². The van der Waals surface area contributed by atoms with Crippen molar-refractivity contribution in [3.8, 4) is 0 Å². The van der Waals surface area contributed by atoms with Crippen LogP contribution in [0.4, 0.5) is 0 Å². The van der Waals surface area contributed by atoms with E-state index in [0.717, 1.165) is 5.56 Å². The summed E-state index contributed by atoms with van der Waals surface area (Å²) in [7, 11) is 0. The van der Waals surface area contributed by atoms with Crippen molar-refractivity contribution in [2.75, 3.05) is 6.61 Å². The zero-order valence-corrected chi connectivity index (χ0v) is 6.56. The van der Waals surface area contributed by atoms with Gasteiger partial charge in [0.15, 0.2) is 0 Å². The molecule has 0 unspecified atom stereocenters. The van der Waals surface area contributed by atoms with Crippen LogP contribution < -0.4 is 0 Å². The average molecular weight is 168 g/mol. The van der Waals surface area contributed by atoms with Crippen LogP contribution in [0, 0.1) is 0 Å². The van der Waals surface area contributed by atoms with Gasteiger partial charge in [-0.1, -0.05) is 30.3 Å². The molecule has 1 N–H and O–H groups in total. The van der Waals surface area contributed by atoms with Crippen LogP contribution in [0.3, 0.4) is 0 Å². The normalized spacial score (nSPS) is 9.67. The molecule has 0 aliphatic rings. The lowest BCUT2D eigenvalue weighted by atomic mass is 10.2. The van der Waals surface area contributed by atoms with E-state index < -0.39 is 5.97 Å². The predicted molar refractivity (Wildman–Crippen MR) is 43.7 cm³/mol. The number of rotatable bonds is 4. The molecule has 0 saturated carbocycles. The van der Waals surface area contributed by atoms with Crippen molar-refractivity contribution in [1.82, 2.24) is 0 Å². The van der Waals surface area contributed by atoms with Crippen molar-refractivity contribution >= 4 is 5.97 Å². The number of benzene rings is 1. The summed E-state index contributed by atoms with van der Waals surface area (Å²) < 4.78 is 4.88. The summed E-state index contributed by atoms with van der Waals surface area (Å²) in [6.45, 7) is 0.113. The molecule has 0 radical (unpaired) electrons. The largest absolute Gasteiger partial charge is 0.480 e. The van der Waals surface area contributed by atoms with E-state index in [0.29, 0.717) is 6.61 Å². The van der Waals surface area contributed by atoms with E-state index in [4.69, 9.17) is 9.84 Å². The van der Waals surface area contributed by atoms with E-state index in [1.807, 2.05) is 30.3 Å². The Morgan fingerprint density at radius 3 is 2.58 bits per heavy atom. The molecule has 1 aromatic rings. The Morgan fingerprint density at radius 2 is 2.00 bits per heavy atom. The molecule has 0 saturated heterocycles. The minimum atomic E-state index is -0.939. The van der Waals surface area contributed by atoms with Crippen LogP contribution >= 0.6 is 0 Å². The lowest BCUT2D eigenvalue weighted by Crippen LogP contribution is -2.06. The molecular weight excluding hydrogens is 158 g/mol. The number of ether oxygens (including phenoxy) is 1. The summed E-state index contributed by atoms with van der Waals surface area (Å²) in [5.41, 5.74) is 0.985. The van der Waals surface area contributed by atoms with E-state index >= 15 is 0 Å². The number of carboxylic acid groups (broad SMARTS) is 1. The molecule has 0 aromatic heterocycles. The van der Waals surface area contributed by atoms with Gasteiger partial charge in [0.1, 0.15) is 6.61 Å². The summed E-state index contributed by atoms with van der Waals surface area (Å²) in [4.78, 5) is 10.1. The van der Waals surface area contributed by atoms with Crippen LogP contribution in [0.1, 0.15) is 5.56 Å². The Hall–Kier alpha value is -1.35. The fourth-order valence-corrected chi connectivity index (χ4v) is 0.830. The number of aliphatic carboxylic acids is 1. The molecule has 0 atom stereocenters. The molecule has 3 nitrogen and oxygen atoms in total. The fourth-order valence-electron chi connectivity index (χ4n) is 0.830. The Morgan fingerprint density at radius 1 is 1.33 bits per heavy atom. The fraction of sp³-hybridized carbons (Fsp3) is 0.222. The Bertz CT molecular complexity index is 243.